The minimum absolute atomic E-state index is 0.0323. The molecule has 1 atom stereocenters. The van der Waals surface area contributed by atoms with Crippen LogP contribution in [0.2, 0.25) is 0 Å². The number of carbonyl (C=O) groups excluding carboxylic acids is 2. The van der Waals surface area contributed by atoms with Gasteiger partial charge in [-0.1, -0.05) is 67.6 Å². The molecule has 1 unspecified atom stereocenters. The number of aliphatic carboxylic acids is 1. The Labute approximate surface area is 233 Å². The number of anilines is 2. The molecule has 0 saturated heterocycles. The number of pyridine rings is 1. The number of rotatable bonds is 13. The summed E-state index contributed by atoms with van der Waals surface area (Å²) in [5, 5.41) is 13.4. The Bertz CT molecular complexity index is 1500. The molecule has 206 valence electrons. The SMILES string of the molecule is CCC(=O)c1cnc2c(OCCOC(=O)C(CC(=O)O)Cc3ccccc3)cccc2c1Nc1ccccc1C. The molecule has 0 amide bonds. The van der Waals surface area contributed by atoms with Gasteiger partial charge in [0.1, 0.15) is 24.5 Å². The zero-order valence-electron chi connectivity index (χ0n) is 22.6. The number of nitrogens with zero attached hydrogens (tertiary/aromatic N) is 1. The van der Waals surface area contributed by atoms with Crippen LogP contribution in [0.15, 0.2) is 79.0 Å². The van der Waals surface area contributed by atoms with Crippen molar-refractivity contribution in [1.29, 1.82) is 0 Å². The Kier molecular flexibility index (Phi) is 9.46. The third kappa shape index (κ3) is 7.02. The average molecular weight is 541 g/mol. The van der Waals surface area contributed by atoms with E-state index in [0.29, 0.717) is 28.9 Å². The lowest BCUT2D eigenvalue weighted by Crippen LogP contribution is -2.24. The smallest absolute Gasteiger partial charge is 0.309 e. The summed E-state index contributed by atoms with van der Waals surface area (Å²) in [6.07, 6.45) is 1.85. The fourth-order valence-electron chi connectivity index (χ4n) is 4.46. The zero-order chi connectivity index (χ0) is 28.5. The van der Waals surface area contributed by atoms with Crippen LogP contribution in [0.5, 0.6) is 5.75 Å². The minimum Gasteiger partial charge on any atom is -0.488 e. The minimum atomic E-state index is -1.06. The van der Waals surface area contributed by atoms with Gasteiger partial charge in [-0.05, 0) is 36.6 Å². The maximum absolute atomic E-state index is 12.8. The predicted molar refractivity (Wildman–Crippen MR) is 153 cm³/mol. The molecule has 0 saturated carbocycles. The van der Waals surface area contributed by atoms with Crippen molar-refractivity contribution in [3.63, 3.8) is 0 Å². The number of carboxylic acid groups (broad SMARTS) is 1. The first-order valence-corrected chi connectivity index (χ1v) is 13.2. The van der Waals surface area contributed by atoms with E-state index in [1.54, 1.807) is 12.3 Å². The molecule has 1 aromatic heterocycles. The van der Waals surface area contributed by atoms with Crippen LogP contribution in [-0.2, 0) is 20.7 Å². The molecule has 4 rings (SSSR count). The van der Waals surface area contributed by atoms with Crippen LogP contribution in [0.1, 0.15) is 41.3 Å². The summed E-state index contributed by atoms with van der Waals surface area (Å²) < 4.78 is 11.3. The summed E-state index contributed by atoms with van der Waals surface area (Å²) in [7, 11) is 0. The second kappa shape index (κ2) is 13.4. The van der Waals surface area contributed by atoms with E-state index in [1.165, 1.54) is 0 Å². The maximum atomic E-state index is 12.8. The monoisotopic (exact) mass is 540 g/mol. The van der Waals surface area contributed by atoms with Gasteiger partial charge in [0.15, 0.2) is 5.78 Å². The summed E-state index contributed by atoms with van der Waals surface area (Å²) >= 11 is 0. The Hall–Kier alpha value is -4.72. The molecular formula is C32H32N2O6. The lowest BCUT2D eigenvalue weighted by atomic mass is 9.96. The molecule has 8 nitrogen and oxygen atoms in total. The number of aromatic nitrogens is 1. The van der Waals surface area contributed by atoms with Crippen LogP contribution in [-0.4, -0.2) is 41.0 Å². The number of Topliss-reactive ketones (excluding diaryl/α,β-unsaturated/α-hetero) is 1. The predicted octanol–water partition coefficient (Wildman–Crippen LogP) is 6.14. The van der Waals surface area contributed by atoms with Crippen LogP contribution in [0, 0.1) is 12.8 Å². The van der Waals surface area contributed by atoms with Crippen molar-refractivity contribution in [3.8, 4) is 5.75 Å². The number of para-hydroxylation sites is 2. The van der Waals surface area contributed by atoms with Crippen molar-refractivity contribution in [1.82, 2.24) is 4.98 Å². The van der Waals surface area contributed by atoms with Crippen LogP contribution >= 0.6 is 0 Å². The highest BCUT2D eigenvalue weighted by molar-refractivity contribution is 6.09. The highest BCUT2D eigenvalue weighted by Gasteiger charge is 2.24. The maximum Gasteiger partial charge on any atom is 0.309 e. The van der Waals surface area contributed by atoms with Crippen molar-refractivity contribution < 1.29 is 29.0 Å². The average Bonchev–Trinajstić information content (AvgIpc) is 2.96. The molecule has 0 aliphatic rings. The van der Waals surface area contributed by atoms with E-state index in [2.05, 4.69) is 10.3 Å². The first-order chi connectivity index (χ1) is 19.4. The molecule has 4 aromatic rings. The summed E-state index contributed by atoms with van der Waals surface area (Å²) in [6.45, 7) is 3.80. The number of hydrogen-bond acceptors (Lipinski definition) is 7. The summed E-state index contributed by atoms with van der Waals surface area (Å²) in [5.41, 5.74) is 4.48. The molecule has 8 heteroatoms. The van der Waals surface area contributed by atoms with Crippen molar-refractivity contribution in [3.05, 3.63) is 95.7 Å². The highest BCUT2D eigenvalue weighted by atomic mass is 16.6. The third-order valence-corrected chi connectivity index (χ3v) is 6.55. The van der Waals surface area contributed by atoms with E-state index in [1.807, 2.05) is 80.6 Å². The summed E-state index contributed by atoms with van der Waals surface area (Å²) in [6, 6.07) is 22.5. The highest BCUT2D eigenvalue weighted by Crippen LogP contribution is 2.35. The van der Waals surface area contributed by atoms with Gasteiger partial charge in [-0.3, -0.25) is 19.4 Å². The Balaban J connectivity index is 1.49. The van der Waals surface area contributed by atoms with Crippen LogP contribution in [0.25, 0.3) is 10.9 Å². The van der Waals surface area contributed by atoms with Gasteiger partial charge < -0.3 is 19.9 Å². The van der Waals surface area contributed by atoms with E-state index < -0.39 is 17.9 Å². The molecule has 40 heavy (non-hydrogen) atoms. The van der Waals surface area contributed by atoms with Gasteiger partial charge in [-0.25, -0.2) is 0 Å². The van der Waals surface area contributed by atoms with Crippen LogP contribution in [0.3, 0.4) is 0 Å². The fourth-order valence-corrected chi connectivity index (χ4v) is 4.46. The number of ketones is 1. The van der Waals surface area contributed by atoms with Crippen molar-refractivity contribution in [2.75, 3.05) is 18.5 Å². The number of hydrogen-bond donors (Lipinski definition) is 2. The molecule has 1 heterocycles. The second-order valence-corrected chi connectivity index (χ2v) is 9.42. The number of ether oxygens (including phenoxy) is 2. The van der Waals surface area contributed by atoms with E-state index in [9.17, 15) is 19.5 Å². The van der Waals surface area contributed by atoms with E-state index in [-0.39, 0.29) is 31.8 Å². The molecule has 0 aliphatic heterocycles. The van der Waals surface area contributed by atoms with Gasteiger partial charge in [0.05, 0.1) is 23.6 Å². The zero-order valence-corrected chi connectivity index (χ0v) is 22.6. The van der Waals surface area contributed by atoms with Gasteiger partial charge in [0.25, 0.3) is 0 Å². The first kappa shape index (κ1) is 28.3. The van der Waals surface area contributed by atoms with Crippen molar-refractivity contribution in [2.45, 2.75) is 33.1 Å². The second-order valence-electron chi connectivity index (χ2n) is 9.42. The molecule has 0 radical (unpaired) electrons. The van der Waals surface area contributed by atoms with Crippen molar-refractivity contribution in [2.24, 2.45) is 5.92 Å². The Morgan fingerprint density at radius 3 is 2.42 bits per heavy atom. The molecule has 2 N–H and O–H groups in total. The molecule has 0 spiro atoms. The van der Waals surface area contributed by atoms with Crippen LogP contribution in [0.4, 0.5) is 11.4 Å². The largest absolute Gasteiger partial charge is 0.488 e. The van der Waals surface area contributed by atoms with Gasteiger partial charge in [0.2, 0.25) is 0 Å². The molecule has 3 aromatic carbocycles. The topological polar surface area (TPSA) is 115 Å². The Morgan fingerprint density at radius 1 is 0.950 bits per heavy atom. The Morgan fingerprint density at radius 2 is 1.70 bits per heavy atom. The normalized spacial score (nSPS) is 11.6. The first-order valence-electron chi connectivity index (χ1n) is 13.2. The number of esters is 1. The quantitative estimate of drug-likeness (QED) is 0.118. The number of fused-ring (bicyclic) bond motifs is 1. The number of carbonyl (C=O) groups is 3. The van der Waals surface area contributed by atoms with E-state index in [4.69, 9.17) is 9.47 Å². The lowest BCUT2D eigenvalue weighted by Gasteiger charge is -2.17. The summed E-state index contributed by atoms with van der Waals surface area (Å²) in [5.74, 6) is -2.01. The van der Waals surface area contributed by atoms with Gasteiger partial charge in [-0.2, -0.15) is 0 Å². The van der Waals surface area contributed by atoms with E-state index >= 15 is 0 Å². The molecule has 0 aliphatic carbocycles. The van der Waals surface area contributed by atoms with Crippen LogP contribution < -0.4 is 10.1 Å². The number of aryl methyl sites for hydroxylation is 1. The number of nitrogens with one attached hydrogen (secondary N) is 1. The standard InChI is InChI=1S/C32H32N2O6/c1-3-27(35)25-20-33-31-24(30(25)34-26-14-8-7-10-21(26)2)13-9-15-28(31)39-16-17-40-32(38)23(19-29(36)37)18-22-11-5-4-6-12-22/h4-15,20,23H,3,16-19H2,1-2H3,(H,33,34)(H,36,37). The molecule has 0 fully saturated rings. The summed E-state index contributed by atoms with van der Waals surface area (Å²) in [4.78, 5) is 41.3. The molecule has 0 bridgehead atoms. The van der Waals surface area contributed by atoms with Gasteiger partial charge >= 0.3 is 11.9 Å². The molecular weight excluding hydrogens is 508 g/mol. The van der Waals surface area contributed by atoms with Gasteiger partial charge in [0, 0.05) is 23.7 Å². The lowest BCUT2D eigenvalue weighted by molar-refractivity contribution is -0.153. The third-order valence-electron chi connectivity index (χ3n) is 6.55. The fraction of sp³-hybridized carbons (Fsp3) is 0.250. The number of benzene rings is 3. The van der Waals surface area contributed by atoms with Crippen molar-refractivity contribution >= 4 is 40.0 Å². The van der Waals surface area contributed by atoms with Gasteiger partial charge in [-0.15, -0.1) is 0 Å². The van der Waals surface area contributed by atoms with E-state index in [0.717, 1.165) is 22.2 Å². The number of carboxylic acids is 1.